The van der Waals surface area contributed by atoms with E-state index in [0.717, 1.165) is 15.4 Å². The molecule has 0 aliphatic carbocycles. The predicted octanol–water partition coefficient (Wildman–Crippen LogP) is 6.35. The third-order valence-corrected chi connectivity index (χ3v) is 9.23. The standard InChI is InChI=1S/C33H33Cl2N3O4S/c1-24(2)36-33(40)31(20-25-12-6-3-7-13-25)37(22-26-14-8-4-9-15-26)32(39)23-38(27-18-19-29(34)30(35)21-27)43(41,42)28-16-10-5-11-17-28/h3-19,21,24,31H,20,22-23H2,1-2H3,(H,36,40)/t31-/m1/s1. The largest absolute Gasteiger partial charge is 0.352 e. The van der Waals surface area contributed by atoms with E-state index >= 15 is 0 Å². The highest BCUT2D eigenvalue weighted by Gasteiger charge is 2.35. The lowest BCUT2D eigenvalue weighted by Crippen LogP contribution is -2.54. The van der Waals surface area contributed by atoms with E-state index in [1.165, 1.54) is 35.2 Å². The van der Waals surface area contributed by atoms with Gasteiger partial charge in [0.05, 0.1) is 20.6 Å². The lowest BCUT2D eigenvalue weighted by Gasteiger charge is -2.34. The summed E-state index contributed by atoms with van der Waals surface area (Å²) in [6, 6.07) is 29.8. The van der Waals surface area contributed by atoms with Gasteiger partial charge < -0.3 is 10.2 Å². The summed E-state index contributed by atoms with van der Waals surface area (Å²) < 4.78 is 29.0. The third-order valence-electron chi connectivity index (χ3n) is 6.70. The molecule has 1 atom stereocenters. The van der Waals surface area contributed by atoms with Crippen LogP contribution in [-0.4, -0.2) is 43.8 Å². The number of halogens is 2. The van der Waals surface area contributed by atoms with E-state index in [9.17, 15) is 18.0 Å². The number of hydrogen-bond donors (Lipinski definition) is 1. The lowest BCUT2D eigenvalue weighted by atomic mass is 10.0. The summed E-state index contributed by atoms with van der Waals surface area (Å²) in [5.74, 6) is -0.899. The monoisotopic (exact) mass is 637 g/mol. The van der Waals surface area contributed by atoms with Gasteiger partial charge in [0.2, 0.25) is 11.8 Å². The van der Waals surface area contributed by atoms with Crippen molar-refractivity contribution in [1.29, 1.82) is 0 Å². The average Bonchev–Trinajstić information content (AvgIpc) is 3.00. The minimum absolute atomic E-state index is 0.00173. The quantitative estimate of drug-likeness (QED) is 0.196. The van der Waals surface area contributed by atoms with E-state index in [-0.39, 0.29) is 45.5 Å². The van der Waals surface area contributed by atoms with Gasteiger partial charge in [-0.15, -0.1) is 0 Å². The van der Waals surface area contributed by atoms with Gasteiger partial charge in [0.1, 0.15) is 12.6 Å². The first-order chi connectivity index (χ1) is 20.6. The second-order valence-electron chi connectivity index (χ2n) is 10.3. The fraction of sp³-hybridized carbons (Fsp3) is 0.212. The van der Waals surface area contributed by atoms with Crippen molar-refractivity contribution in [1.82, 2.24) is 10.2 Å². The summed E-state index contributed by atoms with van der Waals surface area (Å²) in [6.07, 6.45) is 0.232. The second-order valence-corrected chi connectivity index (χ2v) is 13.0. The molecule has 0 aromatic heterocycles. The van der Waals surface area contributed by atoms with Crippen molar-refractivity contribution in [2.24, 2.45) is 0 Å². The van der Waals surface area contributed by atoms with Crippen LogP contribution in [0.15, 0.2) is 114 Å². The molecule has 4 rings (SSSR count). The Kier molecular flexibility index (Phi) is 10.9. The molecule has 4 aromatic carbocycles. The van der Waals surface area contributed by atoms with Gasteiger partial charge in [-0.1, -0.05) is 102 Å². The molecule has 4 aromatic rings. The summed E-state index contributed by atoms with van der Waals surface area (Å²) in [7, 11) is -4.23. The smallest absolute Gasteiger partial charge is 0.264 e. The van der Waals surface area contributed by atoms with Crippen LogP contribution in [0.1, 0.15) is 25.0 Å². The minimum Gasteiger partial charge on any atom is -0.352 e. The van der Waals surface area contributed by atoms with E-state index in [1.54, 1.807) is 18.2 Å². The van der Waals surface area contributed by atoms with Crippen molar-refractivity contribution >= 4 is 50.7 Å². The van der Waals surface area contributed by atoms with E-state index in [1.807, 2.05) is 74.5 Å². The second kappa shape index (κ2) is 14.6. The lowest BCUT2D eigenvalue weighted by molar-refractivity contribution is -0.140. The van der Waals surface area contributed by atoms with Crippen LogP contribution in [-0.2, 0) is 32.6 Å². The Morgan fingerprint density at radius 2 is 1.33 bits per heavy atom. The van der Waals surface area contributed by atoms with Crippen molar-refractivity contribution in [2.75, 3.05) is 10.8 Å². The van der Waals surface area contributed by atoms with Crippen molar-refractivity contribution in [3.63, 3.8) is 0 Å². The van der Waals surface area contributed by atoms with Crippen LogP contribution >= 0.6 is 23.2 Å². The molecule has 0 fully saturated rings. The van der Waals surface area contributed by atoms with Gasteiger partial charge >= 0.3 is 0 Å². The van der Waals surface area contributed by atoms with Crippen LogP contribution in [0, 0.1) is 0 Å². The first-order valence-corrected chi connectivity index (χ1v) is 16.0. The SMILES string of the molecule is CC(C)NC(=O)[C@@H](Cc1ccccc1)N(Cc1ccccc1)C(=O)CN(c1ccc(Cl)c(Cl)c1)S(=O)(=O)c1ccccc1. The zero-order chi connectivity index (χ0) is 31.0. The number of amides is 2. The first-order valence-electron chi connectivity index (χ1n) is 13.8. The maximum atomic E-state index is 14.4. The highest BCUT2D eigenvalue weighted by atomic mass is 35.5. The molecule has 0 saturated carbocycles. The molecule has 0 unspecified atom stereocenters. The van der Waals surface area contributed by atoms with Crippen molar-refractivity contribution in [3.05, 3.63) is 130 Å². The Hall–Kier alpha value is -3.85. The molecule has 0 aliphatic heterocycles. The highest BCUT2D eigenvalue weighted by molar-refractivity contribution is 7.92. The number of benzene rings is 4. The van der Waals surface area contributed by atoms with E-state index in [2.05, 4.69) is 5.32 Å². The molecule has 43 heavy (non-hydrogen) atoms. The van der Waals surface area contributed by atoms with Crippen LogP contribution in [0.5, 0.6) is 0 Å². The number of nitrogens with zero attached hydrogens (tertiary/aromatic N) is 2. The summed E-state index contributed by atoms with van der Waals surface area (Å²) >= 11 is 12.4. The molecule has 0 heterocycles. The molecule has 0 radical (unpaired) electrons. The number of sulfonamides is 1. The molecule has 10 heteroatoms. The molecule has 0 aliphatic rings. The molecule has 0 bridgehead atoms. The molecule has 224 valence electrons. The summed E-state index contributed by atoms with van der Waals surface area (Å²) in [6.45, 7) is 3.20. The van der Waals surface area contributed by atoms with Crippen LogP contribution in [0.3, 0.4) is 0 Å². The number of hydrogen-bond acceptors (Lipinski definition) is 4. The van der Waals surface area contributed by atoms with Crippen molar-refractivity contribution < 1.29 is 18.0 Å². The van der Waals surface area contributed by atoms with Gasteiger partial charge in [0, 0.05) is 19.0 Å². The summed E-state index contributed by atoms with van der Waals surface area (Å²) in [4.78, 5) is 29.5. The maximum Gasteiger partial charge on any atom is 0.264 e. The number of rotatable bonds is 12. The fourth-order valence-electron chi connectivity index (χ4n) is 4.60. The topological polar surface area (TPSA) is 86.8 Å². The molecule has 2 amide bonds. The van der Waals surface area contributed by atoms with Crippen LogP contribution < -0.4 is 9.62 Å². The number of carbonyl (C=O) groups excluding carboxylic acids is 2. The number of nitrogens with one attached hydrogen (secondary N) is 1. The van der Waals surface area contributed by atoms with Gasteiger partial charge in [-0.3, -0.25) is 13.9 Å². The molecule has 0 spiro atoms. The molecular weight excluding hydrogens is 605 g/mol. The summed E-state index contributed by atoms with van der Waals surface area (Å²) in [5.41, 5.74) is 1.81. The number of carbonyl (C=O) groups is 2. The summed E-state index contributed by atoms with van der Waals surface area (Å²) in [5, 5.41) is 3.32. The van der Waals surface area contributed by atoms with E-state index in [4.69, 9.17) is 23.2 Å². The molecule has 0 saturated heterocycles. The predicted molar refractivity (Wildman–Crippen MR) is 172 cm³/mol. The normalized spacial score (nSPS) is 12.0. The van der Waals surface area contributed by atoms with Gasteiger partial charge in [-0.25, -0.2) is 8.42 Å². The van der Waals surface area contributed by atoms with Crippen LogP contribution in [0.2, 0.25) is 10.0 Å². The molecular formula is C33H33Cl2N3O4S. The van der Waals surface area contributed by atoms with Crippen LogP contribution in [0.25, 0.3) is 0 Å². The van der Waals surface area contributed by atoms with Gasteiger partial charge in [-0.05, 0) is 55.3 Å². The average molecular weight is 639 g/mol. The molecule has 1 N–H and O–H groups in total. The van der Waals surface area contributed by atoms with Crippen LogP contribution in [0.4, 0.5) is 5.69 Å². The first kappa shape index (κ1) is 32.1. The maximum absolute atomic E-state index is 14.4. The Morgan fingerprint density at radius 1 is 0.767 bits per heavy atom. The van der Waals surface area contributed by atoms with E-state index in [0.29, 0.717) is 0 Å². The Morgan fingerprint density at radius 3 is 1.88 bits per heavy atom. The fourth-order valence-corrected chi connectivity index (χ4v) is 6.32. The molecule has 7 nitrogen and oxygen atoms in total. The Bertz CT molecular complexity index is 1640. The number of anilines is 1. The highest BCUT2D eigenvalue weighted by Crippen LogP contribution is 2.31. The Labute approximate surface area is 263 Å². The third kappa shape index (κ3) is 8.38. The van der Waals surface area contributed by atoms with Crippen molar-refractivity contribution in [3.8, 4) is 0 Å². The van der Waals surface area contributed by atoms with Crippen molar-refractivity contribution in [2.45, 2.75) is 43.8 Å². The van der Waals surface area contributed by atoms with Gasteiger partial charge in [0.25, 0.3) is 10.0 Å². The minimum atomic E-state index is -4.23. The van der Waals surface area contributed by atoms with Gasteiger partial charge in [0.15, 0.2) is 0 Å². The van der Waals surface area contributed by atoms with Gasteiger partial charge in [-0.2, -0.15) is 0 Å². The Balaban J connectivity index is 1.80. The zero-order valence-electron chi connectivity index (χ0n) is 23.9. The van der Waals surface area contributed by atoms with E-state index < -0.39 is 28.5 Å². The zero-order valence-corrected chi connectivity index (χ0v) is 26.2.